The molecular formula is C11H21N3O5. The van der Waals surface area contributed by atoms with Crippen LogP contribution in [0, 0.1) is 0 Å². The Hall–Kier alpha value is -1.83. The molecule has 0 aliphatic rings. The molecule has 8 nitrogen and oxygen atoms in total. The van der Waals surface area contributed by atoms with Crippen molar-refractivity contribution in [1.82, 2.24) is 10.2 Å². The minimum absolute atomic E-state index is 0.0980. The number of carbonyl (C=O) groups is 3. The van der Waals surface area contributed by atoms with Gasteiger partial charge in [0.25, 0.3) is 0 Å². The molecule has 19 heavy (non-hydrogen) atoms. The van der Waals surface area contributed by atoms with Crippen LogP contribution in [0.1, 0.15) is 26.2 Å². The van der Waals surface area contributed by atoms with E-state index in [1.807, 2.05) is 6.92 Å². The van der Waals surface area contributed by atoms with Gasteiger partial charge in [-0.1, -0.05) is 13.3 Å². The molecule has 0 radical (unpaired) electrons. The highest BCUT2D eigenvalue weighted by molar-refractivity contribution is 5.86. The van der Waals surface area contributed by atoms with Gasteiger partial charge in [0.15, 0.2) is 0 Å². The number of nitrogens with one attached hydrogen (secondary N) is 1. The SMILES string of the molecule is CCCCN(CC(N)=O)C(=O)N[C@@H](CCO)C(=O)O. The summed E-state index contributed by atoms with van der Waals surface area (Å²) in [5.74, 6) is -1.91. The third kappa shape index (κ3) is 7.24. The Morgan fingerprint density at radius 3 is 2.42 bits per heavy atom. The van der Waals surface area contributed by atoms with E-state index in [1.165, 1.54) is 4.90 Å². The van der Waals surface area contributed by atoms with Crippen LogP contribution in [0.4, 0.5) is 4.79 Å². The number of hydrogen-bond acceptors (Lipinski definition) is 4. The van der Waals surface area contributed by atoms with Crippen molar-refractivity contribution in [3.63, 3.8) is 0 Å². The van der Waals surface area contributed by atoms with Gasteiger partial charge in [-0.15, -0.1) is 0 Å². The van der Waals surface area contributed by atoms with Crippen LogP contribution in [0.3, 0.4) is 0 Å². The first-order valence-electron chi connectivity index (χ1n) is 6.09. The predicted molar refractivity (Wildman–Crippen MR) is 67.3 cm³/mol. The van der Waals surface area contributed by atoms with Crippen LogP contribution in [-0.4, -0.2) is 58.8 Å². The van der Waals surface area contributed by atoms with Gasteiger partial charge in [0.1, 0.15) is 12.6 Å². The minimum Gasteiger partial charge on any atom is -0.480 e. The summed E-state index contributed by atoms with van der Waals surface area (Å²) in [6.45, 7) is 1.61. The molecule has 0 spiro atoms. The predicted octanol–water partition coefficient (Wildman–Crippen LogP) is -0.881. The molecule has 110 valence electrons. The molecule has 0 saturated heterocycles. The van der Waals surface area contributed by atoms with E-state index in [4.69, 9.17) is 15.9 Å². The van der Waals surface area contributed by atoms with E-state index < -0.39 is 23.9 Å². The number of carboxylic acid groups (broad SMARTS) is 1. The Balaban J connectivity index is 4.58. The number of carboxylic acids is 1. The fourth-order valence-electron chi connectivity index (χ4n) is 1.42. The largest absolute Gasteiger partial charge is 0.480 e. The summed E-state index contributed by atoms with van der Waals surface area (Å²) in [4.78, 5) is 34.7. The number of aliphatic carboxylic acids is 1. The van der Waals surface area contributed by atoms with Gasteiger partial charge in [-0.3, -0.25) is 4.79 Å². The number of unbranched alkanes of at least 4 members (excludes halogenated alkanes) is 1. The van der Waals surface area contributed by atoms with E-state index in [-0.39, 0.29) is 19.6 Å². The Morgan fingerprint density at radius 1 is 1.37 bits per heavy atom. The highest BCUT2D eigenvalue weighted by Crippen LogP contribution is 1.99. The Morgan fingerprint density at radius 2 is 2.00 bits per heavy atom. The van der Waals surface area contributed by atoms with Crippen LogP contribution >= 0.6 is 0 Å². The first-order valence-corrected chi connectivity index (χ1v) is 6.09. The van der Waals surface area contributed by atoms with Crippen molar-refractivity contribution < 1.29 is 24.6 Å². The summed E-state index contributed by atoms with van der Waals surface area (Å²) in [5, 5.41) is 19.8. The number of aliphatic hydroxyl groups is 1. The lowest BCUT2D eigenvalue weighted by Crippen LogP contribution is -2.50. The molecule has 0 rings (SSSR count). The second-order valence-corrected chi connectivity index (χ2v) is 4.09. The van der Waals surface area contributed by atoms with Crippen LogP contribution in [0.25, 0.3) is 0 Å². The average molecular weight is 275 g/mol. The summed E-state index contributed by atoms with van der Waals surface area (Å²) < 4.78 is 0. The first-order chi connectivity index (χ1) is 8.92. The van der Waals surface area contributed by atoms with Crippen molar-refractivity contribution in [2.75, 3.05) is 19.7 Å². The Labute approximate surface area is 111 Å². The Bertz CT molecular complexity index is 321. The molecule has 1 atom stereocenters. The van der Waals surface area contributed by atoms with Gasteiger partial charge in [0.05, 0.1) is 0 Å². The van der Waals surface area contributed by atoms with Crippen LogP contribution < -0.4 is 11.1 Å². The van der Waals surface area contributed by atoms with Crippen LogP contribution in [0.15, 0.2) is 0 Å². The van der Waals surface area contributed by atoms with Crippen LogP contribution in [0.2, 0.25) is 0 Å². The van der Waals surface area contributed by atoms with Gasteiger partial charge in [0.2, 0.25) is 5.91 Å². The minimum atomic E-state index is -1.24. The maximum Gasteiger partial charge on any atom is 0.326 e. The number of primary amides is 1. The van der Waals surface area contributed by atoms with E-state index in [2.05, 4.69) is 5.32 Å². The monoisotopic (exact) mass is 275 g/mol. The molecule has 0 aromatic heterocycles. The molecule has 0 aromatic carbocycles. The van der Waals surface area contributed by atoms with Gasteiger partial charge >= 0.3 is 12.0 Å². The van der Waals surface area contributed by atoms with Gasteiger partial charge in [0, 0.05) is 19.6 Å². The number of hydrogen-bond donors (Lipinski definition) is 4. The van der Waals surface area contributed by atoms with Crippen molar-refractivity contribution in [1.29, 1.82) is 0 Å². The molecule has 0 aliphatic heterocycles. The molecule has 0 heterocycles. The zero-order valence-electron chi connectivity index (χ0n) is 11.0. The number of nitrogens with zero attached hydrogens (tertiary/aromatic N) is 1. The van der Waals surface area contributed by atoms with E-state index >= 15 is 0 Å². The maximum atomic E-state index is 11.8. The van der Waals surface area contributed by atoms with Gasteiger partial charge in [-0.2, -0.15) is 0 Å². The fraction of sp³-hybridized carbons (Fsp3) is 0.727. The van der Waals surface area contributed by atoms with Gasteiger partial charge in [-0.25, -0.2) is 9.59 Å². The van der Waals surface area contributed by atoms with Gasteiger partial charge in [-0.05, 0) is 6.42 Å². The normalized spacial score (nSPS) is 11.7. The lowest BCUT2D eigenvalue weighted by molar-refractivity contribution is -0.139. The average Bonchev–Trinajstić information content (AvgIpc) is 2.33. The Kier molecular flexibility index (Phi) is 8.27. The molecular weight excluding hydrogens is 254 g/mol. The summed E-state index contributed by atoms with van der Waals surface area (Å²) in [6, 6.07) is -1.86. The molecule has 0 saturated carbocycles. The van der Waals surface area contributed by atoms with E-state index in [1.54, 1.807) is 0 Å². The van der Waals surface area contributed by atoms with Gasteiger partial charge < -0.3 is 26.2 Å². The first kappa shape index (κ1) is 17.2. The second-order valence-electron chi connectivity index (χ2n) is 4.09. The van der Waals surface area contributed by atoms with Crippen molar-refractivity contribution in [3.8, 4) is 0 Å². The number of urea groups is 1. The highest BCUT2D eigenvalue weighted by atomic mass is 16.4. The highest BCUT2D eigenvalue weighted by Gasteiger charge is 2.23. The van der Waals surface area contributed by atoms with Crippen molar-refractivity contribution in [3.05, 3.63) is 0 Å². The van der Waals surface area contributed by atoms with E-state index in [0.717, 1.165) is 6.42 Å². The topological polar surface area (TPSA) is 133 Å². The summed E-state index contributed by atoms with van der Waals surface area (Å²) >= 11 is 0. The summed E-state index contributed by atoms with van der Waals surface area (Å²) in [6.07, 6.45) is 1.40. The van der Waals surface area contributed by atoms with E-state index in [9.17, 15) is 14.4 Å². The zero-order chi connectivity index (χ0) is 14.8. The summed E-state index contributed by atoms with van der Waals surface area (Å²) in [7, 11) is 0. The smallest absolute Gasteiger partial charge is 0.326 e. The zero-order valence-corrected chi connectivity index (χ0v) is 11.0. The van der Waals surface area contributed by atoms with Crippen molar-refractivity contribution in [2.45, 2.75) is 32.2 Å². The third-order valence-electron chi connectivity index (χ3n) is 2.43. The molecule has 0 aromatic rings. The lowest BCUT2D eigenvalue weighted by atomic mass is 10.2. The summed E-state index contributed by atoms with van der Waals surface area (Å²) in [5.41, 5.74) is 5.04. The second kappa shape index (κ2) is 9.15. The van der Waals surface area contributed by atoms with Crippen LogP contribution in [-0.2, 0) is 9.59 Å². The molecule has 0 bridgehead atoms. The maximum absolute atomic E-state index is 11.8. The quantitative estimate of drug-likeness (QED) is 0.433. The lowest BCUT2D eigenvalue weighted by Gasteiger charge is -2.23. The number of carbonyl (C=O) groups excluding carboxylic acids is 2. The molecule has 0 fully saturated rings. The molecule has 0 unspecified atom stereocenters. The molecule has 0 aliphatic carbocycles. The molecule has 3 amide bonds. The van der Waals surface area contributed by atoms with Crippen molar-refractivity contribution >= 4 is 17.9 Å². The number of aliphatic hydroxyl groups excluding tert-OH is 1. The number of rotatable bonds is 9. The molecule has 8 heteroatoms. The van der Waals surface area contributed by atoms with E-state index in [0.29, 0.717) is 13.0 Å². The van der Waals surface area contributed by atoms with Crippen molar-refractivity contribution in [2.24, 2.45) is 5.73 Å². The number of amides is 3. The fourth-order valence-corrected chi connectivity index (χ4v) is 1.42. The molecule has 5 N–H and O–H groups in total. The standard InChI is InChI=1S/C11H21N3O5/c1-2-3-5-14(7-9(12)16)11(19)13-8(4-6-15)10(17)18/h8,15H,2-7H2,1H3,(H2,12,16)(H,13,19)(H,17,18)/t8-/m0/s1. The number of nitrogens with two attached hydrogens (primary N) is 1. The third-order valence-corrected chi connectivity index (χ3v) is 2.43. The van der Waals surface area contributed by atoms with Crippen LogP contribution in [0.5, 0.6) is 0 Å².